The number of nitrogens with zero attached hydrogens (tertiary/aromatic N) is 4. The van der Waals surface area contributed by atoms with Crippen molar-refractivity contribution in [2.24, 2.45) is 0 Å². The largest absolute Gasteiger partial charge is 0.443 e. The van der Waals surface area contributed by atoms with Gasteiger partial charge in [-0.25, -0.2) is 37.5 Å². The fourth-order valence-electron chi connectivity index (χ4n) is 4.60. The molecule has 2 heterocycles. The molecule has 10 nitrogen and oxygen atoms in total. The van der Waals surface area contributed by atoms with E-state index in [1.807, 2.05) is 0 Å². The second-order valence-electron chi connectivity index (χ2n) is 11.3. The van der Waals surface area contributed by atoms with Crippen molar-refractivity contribution in [3.63, 3.8) is 0 Å². The van der Waals surface area contributed by atoms with Crippen molar-refractivity contribution < 1.29 is 32.3 Å². The van der Waals surface area contributed by atoms with Gasteiger partial charge in [0.25, 0.3) is 5.91 Å². The first-order valence-electron chi connectivity index (χ1n) is 13.8. The number of aryl methyl sites for hydroxylation is 1. The standard InChI is InChI=1S/C32H29F3N6O4/c1-17-9-10-18(28(42)37-20-13-11-19(33)12-14-20)15-21(17)25-22-16-36-30(43)41(26-23(34)7-6-8-24(26)35)27(22)39-29(38-25)40(5)31(44)45-32(2,3)4/h6-15H,16H2,1-5H3,(H,36,43)(H,37,42). The zero-order valence-electron chi connectivity index (χ0n) is 25.0. The monoisotopic (exact) mass is 618 g/mol. The third-order valence-corrected chi connectivity index (χ3v) is 6.79. The Balaban J connectivity index is 1.69. The molecule has 1 aromatic heterocycles. The molecule has 0 unspecified atom stereocenters. The van der Waals surface area contributed by atoms with Crippen LogP contribution >= 0.6 is 0 Å². The van der Waals surface area contributed by atoms with E-state index < -0.39 is 46.8 Å². The predicted octanol–water partition coefficient (Wildman–Crippen LogP) is 6.85. The van der Waals surface area contributed by atoms with Crippen LogP contribution in [0, 0.1) is 24.4 Å². The van der Waals surface area contributed by atoms with Crippen molar-refractivity contribution >= 4 is 41.2 Å². The van der Waals surface area contributed by atoms with E-state index in [1.165, 1.54) is 31.3 Å². The van der Waals surface area contributed by atoms with Gasteiger partial charge in [-0.3, -0.25) is 4.79 Å². The summed E-state index contributed by atoms with van der Waals surface area (Å²) < 4.78 is 48.9. The highest BCUT2D eigenvalue weighted by Gasteiger charge is 2.35. The maximum Gasteiger partial charge on any atom is 0.416 e. The molecule has 3 aromatic carbocycles. The first-order chi connectivity index (χ1) is 21.2. The minimum Gasteiger partial charge on any atom is -0.443 e. The predicted molar refractivity (Wildman–Crippen MR) is 162 cm³/mol. The van der Waals surface area contributed by atoms with Crippen molar-refractivity contribution in [2.45, 2.75) is 39.8 Å². The van der Waals surface area contributed by atoms with Crippen LogP contribution in [0.1, 0.15) is 42.3 Å². The van der Waals surface area contributed by atoms with E-state index in [0.717, 1.165) is 28.0 Å². The smallest absolute Gasteiger partial charge is 0.416 e. The number of amides is 4. The van der Waals surface area contributed by atoms with Gasteiger partial charge in [0, 0.05) is 29.4 Å². The molecule has 0 spiro atoms. The van der Waals surface area contributed by atoms with Gasteiger partial charge in [-0.15, -0.1) is 0 Å². The third-order valence-electron chi connectivity index (χ3n) is 6.79. The normalized spacial score (nSPS) is 12.7. The number of ether oxygens (including phenoxy) is 1. The molecule has 0 fully saturated rings. The molecular weight excluding hydrogens is 589 g/mol. The van der Waals surface area contributed by atoms with E-state index in [2.05, 4.69) is 20.6 Å². The second kappa shape index (κ2) is 11.9. The first-order valence-corrected chi connectivity index (χ1v) is 13.8. The minimum absolute atomic E-state index is 0.127. The summed E-state index contributed by atoms with van der Waals surface area (Å²) in [5.41, 5.74) is 0.591. The van der Waals surface area contributed by atoms with E-state index >= 15 is 8.78 Å². The zero-order valence-corrected chi connectivity index (χ0v) is 25.0. The van der Waals surface area contributed by atoms with Crippen LogP contribution in [-0.2, 0) is 11.3 Å². The third kappa shape index (κ3) is 6.42. The Hall–Kier alpha value is -5.46. The van der Waals surface area contributed by atoms with E-state index in [-0.39, 0.29) is 35.1 Å². The van der Waals surface area contributed by atoms with E-state index in [4.69, 9.17) is 4.74 Å². The lowest BCUT2D eigenvalue weighted by molar-refractivity contribution is 0.0587. The number of anilines is 4. The number of nitrogens with one attached hydrogen (secondary N) is 2. The van der Waals surface area contributed by atoms with Crippen LogP contribution in [0.4, 0.5) is 45.9 Å². The number of urea groups is 1. The van der Waals surface area contributed by atoms with Crippen LogP contribution in [-0.4, -0.2) is 40.6 Å². The van der Waals surface area contributed by atoms with Gasteiger partial charge in [-0.05, 0) is 81.8 Å². The molecule has 0 bridgehead atoms. The van der Waals surface area contributed by atoms with E-state index in [1.54, 1.807) is 45.9 Å². The van der Waals surface area contributed by atoms with Gasteiger partial charge in [0.15, 0.2) is 5.82 Å². The lowest BCUT2D eigenvalue weighted by Gasteiger charge is -2.32. The molecular formula is C32H29F3N6O4. The maximum atomic E-state index is 15.1. The minimum atomic E-state index is -1.02. The average Bonchev–Trinajstić information content (AvgIpc) is 2.97. The number of fused-ring (bicyclic) bond motifs is 1. The molecule has 0 saturated carbocycles. The van der Waals surface area contributed by atoms with Crippen LogP contribution in [0.15, 0.2) is 60.7 Å². The van der Waals surface area contributed by atoms with Crippen LogP contribution in [0.2, 0.25) is 0 Å². The molecule has 4 amide bonds. The maximum absolute atomic E-state index is 15.1. The van der Waals surface area contributed by atoms with Crippen LogP contribution in [0.25, 0.3) is 11.3 Å². The Labute approximate surface area is 256 Å². The van der Waals surface area contributed by atoms with Gasteiger partial charge in [-0.1, -0.05) is 12.1 Å². The van der Waals surface area contributed by atoms with Gasteiger partial charge in [0.2, 0.25) is 5.95 Å². The highest BCUT2D eigenvalue weighted by molar-refractivity contribution is 6.06. The van der Waals surface area contributed by atoms with Crippen LogP contribution < -0.4 is 20.4 Å². The molecule has 5 rings (SSSR count). The van der Waals surface area contributed by atoms with Gasteiger partial charge in [0.05, 0.1) is 12.2 Å². The molecule has 1 aliphatic rings. The number of carbonyl (C=O) groups is 3. The number of rotatable bonds is 5. The van der Waals surface area contributed by atoms with Gasteiger partial charge >= 0.3 is 12.1 Å². The lowest BCUT2D eigenvalue weighted by atomic mass is 9.97. The first kappa shape index (κ1) is 31.0. The van der Waals surface area contributed by atoms with Crippen molar-refractivity contribution in [2.75, 3.05) is 22.2 Å². The molecule has 2 N–H and O–H groups in total. The molecule has 232 valence electrons. The Kier molecular flexibility index (Phi) is 8.20. The van der Waals surface area contributed by atoms with Crippen molar-refractivity contribution in [1.29, 1.82) is 0 Å². The Morgan fingerprint density at radius 2 is 1.67 bits per heavy atom. The fraction of sp³-hybridized carbons (Fsp3) is 0.219. The summed E-state index contributed by atoms with van der Waals surface area (Å²) in [5, 5.41) is 5.31. The van der Waals surface area contributed by atoms with Crippen molar-refractivity contribution in [3.8, 4) is 11.3 Å². The Bertz CT molecular complexity index is 1810. The Morgan fingerprint density at radius 3 is 2.31 bits per heavy atom. The number of aromatic nitrogens is 2. The lowest BCUT2D eigenvalue weighted by Crippen LogP contribution is -2.43. The highest BCUT2D eigenvalue weighted by atomic mass is 19.1. The summed E-state index contributed by atoms with van der Waals surface area (Å²) in [6.07, 6.45) is -0.818. The van der Waals surface area contributed by atoms with Gasteiger partial charge in [0.1, 0.15) is 28.7 Å². The SMILES string of the molecule is Cc1ccc(C(=O)Nc2ccc(F)cc2)cc1-c1nc(N(C)C(=O)OC(C)(C)C)nc2c1CNC(=O)N2c1c(F)cccc1F. The summed E-state index contributed by atoms with van der Waals surface area (Å²) in [6, 6.07) is 12.4. The van der Waals surface area contributed by atoms with Crippen LogP contribution in [0.3, 0.4) is 0 Å². The van der Waals surface area contributed by atoms with E-state index in [9.17, 15) is 18.8 Å². The van der Waals surface area contributed by atoms with Crippen LogP contribution in [0.5, 0.6) is 0 Å². The van der Waals surface area contributed by atoms with E-state index in [0.29, 0.717) is 16.8 Å². The molecule has 0 atom stereocenters. The summed E-state index contributed by atoms with van der Waals surface area (Å²) in [5.74, 6) is -3.39. The number of hydrogen-bond acceptors (Lipinski definition) is 6. The molecule has 1 aliphatic heterocycles. The highest BCUT2D eigenvalue weighted by Crippen LogP contribution is 2.40. The molecule has 45 heavy (non-hydrogen) atoms. The topological polar surface area (TPSA) is 117 Å². The average molecular weight is 619 g/mol. The second-order valence-corrected chi connectivity index (χ2v) is 11.3. The zero-order chi connectivity index (χ0) is 32.6. The fourth-order valence-corrected chi connectivity index (χ4v) is 4.60. The molecule has 13 heteroatoms. The molecule has 0 radical (unpaired) electrons. The number of halogens is 3. The quantitative estimate of drug-likeness (QED) is 0.253. The van der Waals surface area contributed by atoms with Crippen molar-refractivity contribution in [3.05, 3.63) is 94.8 Å². The summed E-state index contributed by atoms with van der Waals surface area (Å²) in [4.78, 5) is 50.2. The van der Waals surface area contributed by atoms with Gasteiger partial charge < -0.3 is 15.4 Å². The molecule has 4 aromatic rings. The van der Waals surface area contributed by atoms with Gasteiger partial charge in [-0.2, -0.15) is 4.98 Å². The summed E-state index contributed by atoms with van der Waals surface area (Å²) in [6.45, 7) is 6.67. The number of para-hydroxylation sites is 1. The summed E-state index contributed by atoms with van der Waals surface area (Å²) >= 11 is 0. The number of benzene rings is 3. The number of hydrogen-bond donors (Lipinski definition) is 2. The molecule has 0 aliphatic carbocycles. The molecule has 0 saturated heterocycles. The number of carbonyl (C=O) groups excluding carboxylic acids is 3. The Morgan fingerprint density at radius 1 is 1.00 bits per heavy atom. The summed E-state index contributed by atoms with van der Waals surface area (Å²) in [7, 11) is 1.36. The van der Waals surface area contributed by atoms with Crippen molar-refractivity contribution in [1.82, 2.24) is 15.3 Å².